The summed E-state index contributed by atoms with van der Waals surface area (Å²) in [5.41, 5.74) is 2.14. The molecule has 0 atom stereocenters. The van der Waals surface area contributed by atoms with Gasteiger partial charge in [-0.2, -0.15) is 5.10 Å². The van der Waals surface area contributed by atoms with Crippen LogP contribution in [0, 0.1) is 5.92 Å². The monoisotopic (exact) mass is 431 g/mol. The Balaban J connectivity index is 0.000000366. The number of nitrogens with zero attached hydrogens (tertiary/aromatic N) is 3. The van der Waals surface area contributed by atoms with Gasteiger partial charge in [0.2, 0.25) is 0 Å². The number of carboxylic acids is 2. The first-order valence-electron chi connectivity index (χ1n) is 10.8. The Morgan fingerprint density at radius 3 is 2.55 bits per heavy atom. The summed E-state index contributed by atoms with van der Waals surface area (Å²) in [5, 5.41) is 20.1. The molecule has 2 aromatic rings. The molecule has 0 saturated heterocycles. The van der Waals surface area contributed by atoms with Crippen LogP contribution < -0.4 is 0 Å². The molecule has 0 aromatic carbocycles. The Bertz CT molecular complexity index is 796. The normalized spacial score (nSPS) is 13.5. The van der Waals surface area contributed by atoms with Gasteiger partial charge in [0.1, 0.15) is 0 Å². The van der Waals surface area contributed by atoms with E-state index in [0.29, 0.717) is 18.8 Å². The van der Waals surface area contributed by atoms with Gasteiger partial charge in [0, 0.05) is 31.5 Å². The van der Waals surface area contributed by atoms with Crippen LogP contribution in [0.5, 0.6) is 0 Å². The highest BCUT2D eigenvalue weighted by molar-refractivity contribution is 5.89. The van der Waals surface area contributed by atoms with E-state index in [1.807, 2.05) is 22.8 Å². The molecule has 0 radical (unpaired) electrons. The fourth-order valence-electron chi connectivity index (χ4n) is 3.20. The molecule has 0 amide bonds. The highest BCUT2D eigenvalue weighted by Crippen LogP contribution is 2.29. The number of rotatable bonds is 13. The number of unbranched alkanes of at least 4 members (excludes halogenated alkanes) is 1. The van der Waals surface area contributed by atoms with Crippen molar-refractivity contribution >= 4 is 17.5 Å². The molecule has 170 valence electrons. The zero-order chi connectivity index (χ0) is 22.5. The fourth-order valence-corrected chi connectivity index (χ4v) is 3.20. The maximum atomic E-state index is 9.55. The van der Waals surface area contributed by atoms with E-state index in [0.717, 1.165) is 30.2 Å². The Hall–Kier alpha value is -2.71. The van der Waals surface area contributed by atoms with Crippen LogP contribution in [0.1, 0.15) is 44.7 Å². The molecule has 1 aliphatic carbocycles. The number of pyridine rings is 1. The van der Waals surface area contributed by atoms with Gasteiger partial charge in [-0.05, 0) is 69.3 Å². The number of hydrogen-bond acceptors (Lipinski definition) is 5. The molecule has 8 heteroatoms. The van der Waals surface area contributed by atoms with Crippen LogP contribution in [0.3, 0.4) is 0 Å². The lowest BCUT2D eigenvalue weighted by molar-refractivity contribution is -0.134. The summed E-state index contributed by atoms with van der Waals surface area (Å²) >= 11 is 0. The van der Waals surface area contributed by atoms with Crippen LogP contribution in [0.15, 0.2) is 42.6 Å². The molecule has 0 bridgehead atoms. The molecule has 2 N–H and O–H groups in total. The van der Waals surface area contributed by atoms with Gasteiger partial charge in [-0.1, -0.05) is 13.0 Å². The first-order chi connectivity index (χ1) is 15.0. The lowest BCUT2D eigenvalue weighted by Gasteiger charge is -2.21. The lowest BCUT2D eigenvalue weighted by Crippen LogP contribution is -2.28. The van der Waals surface area contributed by atoms with Crippen LogP contribution in [-0.4, -0.2) is 62.9 Å². The molecule has 1 saturated carbocycles. The zero-order valence-corrected chi connectivity index (χ0v) is 18.2. The van der Waals surface area contributed by atoms with Crippen LogP contribution in [0.25, 0.3) is 5.52 Å². The van der Waals surface area contributed by atoms with Gasteiger partial charge in [-0.25, -0.2) is 14.1 Å². The minimum atomic E-state index is -1.26. The fraction of sp³-hybridized carbons (Fsp3) is 0.522. The van der Waals surface area contributed by atoms with Gasteiger partial charge < -0.3 is 19.8 Å². The molecule has 1 fully saturated rings. The van der Waals surface area contributed by atoms with Crippen LogP contribution in [0.2, 0.25) is 0 Å². The van der Waals surface area contributed by atoms with Gasteiger partial charge in [0.15, 0.2) is 0 Å². The average Bonchev–Trinajstić information content (AvgIpc) is 3.45. The van der Waals surface area contributed by atoms with Gasteiger partial charge in [-0.3, -0.25) is 0 Å². The summed E-state index contributed by atoms with van der Waals surface area (Å²) < 4.78 is 7.69. The van der Waals surface area contributed by atoms with Crippen LogP contribution in [-0.2, 0) is 20.9 Å². The quantitative estimate of drug-likeness (QED) is 0.370. The second-order valence-corrected chi connectivity index (χ2v) is 7.72. The van der Waals surface area contributed by atoms with Crippen molar-refractivity contribution in [3.05, 3.63) is 48.3 Å². The number of ether oxygens (including phenoxy) is 1. The third-order valence-electron chi connectivity index (χ3n) is 4.81. The number of aromatic nitrogens is 2. The van der Waals surface area contributed by atoms with E-state index in [4.69, 9.17) is 14.9 Å². The highest BCUT2D eigenvalue weighted by Gasteiger charge is 2.23. The second kappa shape index (κ2) is 13.6. The Kier molecular flexibility index (Phi) is 10.7. The first kappa shape index (κ1) is 24.6. The van der Waals surface area contributed by atoms with E-state index in [1.54, 1.807) is 0 Å². The first-order valence-corrected chi connectivity index (χ1v) is 10.8. The van der Waals surface area contributed by atoms with Crippen molar-refractivity contribution in [2.75, 3.05) is 26.2 Å². The maximum Gasteiger partial charge on any atom is 0.328 e. The van der Waals surface area contributed by atoms with E-state index in [9.17, 15) is 9.59 Å². The number of hydrogen-bond donors (Lipinski definition) is 2. The van der Waals surface area contributed by atoms with Crippen LogP contribution in [0.4, 0.5) is 0 Å². The van der Waals surface area contributed by atoms with Crippen molar-refractivity contribution in [1.29, 1.82) is 0 Å². The Morgan fingerprint density at radius 1 is 1.19 bits per heavy atom. The van der Waals surface area contributed by atoms with Gasteiger partial charge in [0.05, 0.1) is 17.8 Å². The third kappa shape index (κ3) is 10.8. The summed E-state index contributed by atoms with van der Waals surface area (Å²) in [6, 6.07) is 8.19. The lowest BCUT2D eigenvalue weighted by atomic mass is 10.2. The topological polar surface area (TPSA) is 104 Å². The summed E-state index contributed by atoms with van der Waals surface area (Å²) in [7, 11) is 0. The van der Waals surface area contributed by atoms with E-state index < -0.39 is 11.9 Å². The Morgan fingerprint density at radius 2 is 1.94 bits per heavy atom. The van der Waals surface area contributed by atoms with Crippen molar-refractivity contribution in [1.82, 2.24) is 14.5 Å². The van der Waals surface area contributed by atoms with Crippen LogP contribution >= 0.6 is 0 Å². The minimum absolute atomic E-state index is 0.558. The van der Waals surface area contributed by atoms with Crippen molar-refractivity contribution in [2.24, 2.45) is 5.92 Å². The molecule has 0 unspecified atom stereocenters. The van der Waals surface area contributed by atoms with Gasteiger partial charge in [0.25, 0.3) is 0 Å². The number of aliphatic carboxylic acids is 2. The Labute approximate surface area is 183 Å². The number of fused-ring (bicyclic) bond motifs is 1. The molecule has 0 aliphatic heterocycles. The summed E-state index contributed by atoms with van der Waals surface area (Å²) in [6.07, 6.45) is 9.61. The SMILES string of the molecule is CCCN(CCCCOCc1cc2ccccn2n1)CC1CC1.O=C(O)/C=C\C(=O)O. The average molecular weight is 432 g/mol. The summed E-state index contributed by atoms with van der Waals surface area (Å²) in [5.74, 6) is -1.52. The zero-order valence-electron chi connectivity index (χ0n) is 18.2. The highest BCUT2D eigenvalue weighted by atomic mass is 16.5. The van der Waals surface area contributed by atoms with Gasteiger partial charge >= 0.3 is 11.9 Å². The largest absolute Gasteiger partial charge is 0.478 e. The summed E-state index contributed by atoms with van der Waals surface area (Å²) in [6.45, 7) is 7.51. The molecular weight excluding hydrogens is 398 g/mol. The molecule has 3 rings (SSSR count). The van der Waals surface area contributed by atoms with E-state index in [-0.39, 0.29) is 0 Å². The van der Waals surface area contributed by atoms with Crippen molar-refractivity contribution in [3.8, 4) is 0 Å². The molecular formula is C23H33N3O5. The third-order valence-corrected chi connectivity index (χ3v) is 4.81. The molecule has 0 spiro atoms. The molecule has 2 aromatic heterocycles. The van der Waals surface area contributed by atoms with Crippen molar-refractivity contribution in [3.63, 3.8) is 0 Å². The second-order valence-electron chi connectivity index (χ2n) is 7.72. The van der Waals surface area contributed by atoms with Crippen molar-refractivity contribution < 1.29 is 24.5 Å². The molecule has 31 heavy (non-hydrogen) atoms. The van der Waals surface area contributed by atoms with E-state index in [2.05, 4.69) is 29.1 Å². The summed E-state index contributed by atoms with van der Waals surface area (Å²) in [4.78, 5) is 21.7. The standard InChI is InChI=1S/C19H29N3O.C4H4O4/c1-2-10-21(15-17-8-9-17)11-5-6-13-23-16-18-14-19-7-3-4-12-22(19)20-18;5-3(6)1-2-4(7)8/h3-4,7,12,14,17H,2,5-6,8-11,13,15-16H2,1H3;1-2H,(H,5,6)(H,7,8)/b;2-1-. The molecule has 1 aliphatic rings. The molecule has 8 nitrogen and oxygen atoms in total. The van der Waals surface area contributed by atoms with Crippen molar-refractivity contribution in [2.45, 2.75) is 45.6 Å². The smallest absolute Gasteiger partial charge is 0.328 e. The molecule has 2 heterocycles. The minimum Gasteiger partial charge on any atom is -0.478 e. The predicted molar refractivity (Wildman–Crippen MR) is 118 cm³/mol. The number of carboxylic acid groups (broad SMARTS) is 2. The number of carbonyl (C=O) groups is 2. The van der Waals surface area contributed by atoms with Gasteiger partial charge in [-0.15, -0.1) is 0 Å². The van der Waals surface area contributed by atoms with E-state index in [1.165, 1.54) is 45.3 Å². The maximum absolute atomic E-state index is 9.55. The van der Waals surface area contributed by atoms with E-state index >= 15 is 0 Å². The predicted octanol–water partition coefficient (Wildman–Crippen LogP) is 3.46.